The normalized spacial score (nSPS) is 19.6. The maximum atomic E-state index is 12.0. The van der Waals surface area contributed by atoms with Crippen LogP contribution in [0.3, 0.4) is 0 Å². The Labute approximate surface area is 111 Å². The largest absolute Gasteiger partial charge is 0.340 e. The number of likely N-dealkylation sites (N-methyl/N-ethyl adjacent to an activating group) is 1. The number of carbonyl (C=O) groups is 2. The predicted molar refractivity (Wildman–Crippen MR) is 71.9 cm³/mol. The molecular weight excluding hydrogens is 240 g/mol. The molecule has 0 spiro atoms. The van der Waals surface area contributed by atoms with E-state index in [1.54, 1.807) is 7.05 Å². The van der Waals surface area contributed by atoms with Crippen LogP contribution in [0.2, 0.25) is 0 Å². The van der Waals surface area contributed by atoms with Gasteiger partial charge in [0.1, 0.15) is 12.6 Å². The SMILES string of the molecule is CN1C(=O)[CH]NC(=O)C1c1ccc2ccccc2c1. The van der Waals surface area contributed by atoms with Gasteiger partial charge in [0.25, 0.3) is 0 Å². The number of fused-ring (bicyclic) bond motifs is 1. The topological polar surface area (TPSA) is 49.4 Å². The molecule has 2 aromatic carbocycles. The van der Waals surface area contributed by atoms with Crippen molar-refractivity contribution in [1.82, 2.24) is 10.2 Å². The first-order valence-electron chi connectivity index (χ1n) is 6.06. The van der Waals surface area contributed by atoms with Crippen LogP contribution in [0.4, 0.5) is 0 Å². The van der Waals surface area contributed by atoms with Crippen LogP contribution in [0, 0.1) is 6.54 Å². The van der Waals surface area contributed by atoms with Gasteiger partial charge in [-0.25, -0.2) is 0 Å². The Morgan fingerprint density at radius 1 is 1.05 bits per heavy atom. The average molecular weight is 253 g/mol. The molecule has 2 aromatic rings. The van der Waals surface area contributed by atoms with Gasteiger partial charge in [-0.05, 0) is 22.4 Å². The van der Waals surface area contributed by atoms with Gasteiger partial charge in [-0.1, -0.05) is 36.4 Å². The van der Waals surface area contributed by atoms with Gasteiger partial charge in [0.05, 0.1) is 0 Å². The highest BCUT2D eigenvalue weighted by molar-refractivity contribution is 5.99. The maximum absolute atomic E-state index is 12.0. The number of rotatable bonds is 1. The van der Waals surface area contributed by atoms with Crippen molar-refractivity contribution in [3.63, 3.8) is 0 Å². The summed E-state index contributed by atoms with van der Waals surface area (Å²) < 4.78 is 0. The van der Waals surface area contributed by atoms with Crippen LogP contribution < -0.4 is 5.32 Å². The summed E-state index contributed by atoms with van der Waals surface area (Å²) in [7, 11) is 1.64. The lowest BCUT2D eigenvalue weighted by atomic mass is 9.99. The van der Waals surface area contributed by atoms with E-state index in [1.807, 2.05) is 42.5 Å². The van der Waals surface area contributed by atoms with Gasteiger partial charge < -0.3 is 10.2 Å². The molecule has 19 heavy (non-hydrogen) atoms. The number of hydrogen-bond donors (Lipinski definition) is 1. The summed E-state index contributed by atoms with van der Waals surface area (Å²) in [6, 6.07) is 13.2. The van der Waals surface area contributed by atoms with E-state index in [9.17, 15) is 9.59 Å². The molecule has 3 rings (SSSR count). The van der Waals surface area contributed by atoms with E-state index in [-0.39, 0.29) is 11.8 Å². The van der Waals surface area contributed by atoms with Gasteiger partial charge >= 0.3 is 0 Å². The van der Waals surface area contributed by atoms with Gasteiger partial charge in [0.15, 0.2) is 0 Å². The van der Waals surface area contributed by atoms with Crippen LogP contribution in [-0.4, -0.2) is 23.8 Å². The fourth-order valence-electron chi connectivity index (χ4n) is 2.37. The molecule has 1 heterocycles. The monoisotopic (exact) mass is 253 g/mol. The summed E-state index contributed by atoms with van der Waals surface area (Å²) in [6.07, 6.45) is 0. The molecule has 1 atom stereocenters. The first-order valence-corrected chi connectivity index (χ1v) is 6.06. The van der Waals surface area contributed by atoms with E-state index in [1.165, 1.54) is 11.4 Å². The first kappa shape index (κ1) is 11.7. The van der Waals surface area contributed by atoms with E-state index in [2.05, 4.69) is 5.32 Å². The molecule has 4 heteroatoms. The second kappa shape index (κ2) is 4.39. The zero-order valence-corrected chi connectivity index (χ0v) is 10.5. The summed E-state index contributed by atoms with van der Waals surface area (Å²) in [5.74, 6) is -0.380. The van der Waals surface area contributed by atoms with Crippen LogP contribution in [-0.2, 0) is 9.59 Å². The Kier molecular flexibility index (Phi) is 2.71. The fraction of sp³-hybridized carbons (Fsp3) is 0.133. The van der Waals surface area contributed by atoms with E-state index in [0.717, 1.165) is 16.3 Å². The van der Waals surface area contributed by atoms with Gasteiger partial charge in [0.2, 0.25) is 11.8 Å². The van der Waals surface area contributed by atoms with Crippen molar-refractivity contribution in [3.05, 3.63) is 54.6 Å². The number of benzene rings is 2. The van der Waals surface area contributed by atoms with Crippen molar-refractivity contribution in [2.24, 2.45) is 0 Å². The molecule has 1 aliphatic heterocycles. The second-order valence-corrected chi connectivity index (χ2v) is 4.61. The second-order valence-electron chi connectivity index (χ2n) is 4.61. The minimum absolute atomic E-state index is 0.183. The van der Waals surface area contributed by atoms with Crippen LogP contribution >= 0.6 is 0 Å². The molecule has 1 radical (unpaired) electrons. The van der Waals surface area contributed by atoms with E-state index in [0.29, 0.717) is 0 Å². The molecule has 1 N–H and O–H groups in total. The van der Waals surface area contributed by atoms with Crippen molar-refractivity contribution in [2.75, 3.05) is 7.05 Å². The van der Waals surface area contributed by atoms with E-state index in [4.69, 9.17) is 0 Å². The average Bonchev–Trinajstić information content (AvgIpc) is 2.43. The number of hydrogen-bond acceptors (Lipinski definition) is 2. The Bertz CT molecular complexity index is 666. The Balaban J connectivity index is 2.07. The molecule has 2 amide bonds. The van der Waals surface area contributed by atoms with Gasteiger partial charge in [0, 0.05) is 7.05 Å². The smallest absolute Gasteiger partial charge is 0.248 e. The summed E-state index contributed by atoms with van der Waals surface area (Å²) in [6.45, 7) is 1.19. The van der Waals surface area contributed by atoms with Crippen molar-refractivity contribution in [1.29, 1.82) is 0 Å². The van der Waals surface area contributed by atoms with E-state index >= 15 is 0 Å². The highest BCUT2D eigenvalue weighted by Crippen LogP contribution is 2.26. The van der Waals surface area contributed by atoms with Crippen molar-refractivity contribution < 1.29 is 9.59 Å². The van der Waals surface area contributed by atoms with Crippen LogP contribution in [0.15, 0.2) is 42.5 Å². The third-order valence-electron chi connectivity index (χ3n) is 3.41. The molecule has 1 unspecified atom stereocenters. The highest BCUT2D eigenvalue weighted by Gasteiger charge is 2.33. The molecule has 95 valence electrons. The molecule has 0 aromatic heterocycles. The summed E-state index contributed by atoms with van der Waals surface area (Å²) >= 11 is 0. The van der Waals surface area contributed by atoms with Crippen LogP contribution in [0.5, 0.6) is 0 Å². The zero-order chi connectivity index (χ0) is 13.4. The summed E-state index contributed by atoms with van der Waals surface area (Å²) in [5, 5.41) is 4.68. The molecule has 0 bridgehead atoms. The summed E-state index contributed by atoms with van der Waals surface area (Å²) in [4.78, 5) is 25.0. The molecular formula is C15H13N2O2. The number of carbonyl (C=O) groups excluding carboxylic acids is 2. The number of nitrogens with one attached hydrogen (secondary N) is 1. The van der Waals surface area contributed by atoms with Gasteiger partial charge in [-0.15, -0.1) is 0 Å². The molecule has 4 nitrogen and oxygen atoms in total. The van der Waals surface area contributed by atoms with Crippen molar-refractivity contribution in [3.8, 4) is 0 Å². The van der Waals surface area contributed by atoms with Crippen molar-refractivity contribution >= 4 is 22.6 Å². The van der Waals surface area contributed by atoms with Crippen molar-refractivity contribution in [2.45, 2.75) is 6.04 Å². The van der Waals surface area contributed by atoms with Gasteiger partial charge in [-0.3, -0.25) is 9.59 Å². The lowest BCUT2D eigenvalue weighted by Crippen LogP contribution is -2.48. The molecule has 1 aliphatic rings. The first-order chi connectivity index (χ1) is 9.16. The quantitative estimate of drug-likeness (QED) is 0.839. The lowest BCUT2D eigenvalue weighted by Gasteiger charge is -2.31. The molecule has 0 aliphatic carbocycles. The fourth-order valence-corrected chi connectivity index (χ4v) is 2.37. The Hall–Kier alpha value is -2.36. The standard InChI is InChI=1S/C15H13N2O2/c1-17-13(18)9-16-15(19)14(17)12-7-6-10-4-2-3-5-11(10)8-12/h2-9,14H,1H3,(H,16,19). The molecule has 1 fully saturated rings. The molecule has 0 saturated carbocycles. The summed E-state index contributed by atoms with van der Waals surface area (Å²) in [5.41, 5.74) is 0.820. The number of piperazine rings is 1. The Morgan fingerprint density at radius 2 is 1.79 bits per heavy atom. The van der Waals surface area contributed by atoms with Gasteiger partial charge in [-0.2, -0.15) is 0 Å². The van der Waals surface area contributed by atoms with Crippen LogP contribution in [0.1, 0.15) is 11.6 Å². The Morgan fingerprint density at radius 3 is 2.58 bits per heavy atom. The third-order valence-corrected chi connectivity index (χ3v) is 3.41. The molecule has 1 saturated heterocycles. The minimum atomic E-state index is -0.567. The number of nitrogens with zero attached hydrogens (tertiary/aromatic N) is 1. The minimum Gasteiger partial charge on any atom is -0.340 e. The zero-order valence-electron chi connectivity index (χ0n) is 10.5. The lowest BCUT2D eigenvalue weighted by molar-refractivity contribution is -0.141. The van der Waals surface area contributed by atoms with E-state index < -0.39 is 6.04 Å². The number of amides is 2. The maximum Gasteiger partial charge on any atom is 0.248 e. The van der Waals surface area contributed by atoms with Crippen LogP contribution in [0.25, 0.3) is 10.8 Å². The third kappa shape index (κ3) is 1.95. The predicted octanol–water partition coefficient (Wildman–Crippen LogP) is 1.63. The highest BCUT2D eigenvalue weighted by atomic mass is 16.2.